The van der Waals surface area contributed by atoms with Gasteiger partial charge in [0.05, 0.1) is 5.41 Å². The fourth-order valence-corrected chi connectivity index (χ4v) is 10.4. The molecule has 13 rings (SSSR count). The lowest BCUT2D eigenvalue weighted by atomic mass is 9.67. The van der Waals surface area contributed by atoms with E-state index in [0.29, 0.717) is 0 Å². The van der Waals surface area contributed by atoms with Gasteiger partial charge in [-0.2, -0.15) is 0 Å². The van der Waals surface area contributed by atoms with E-state index in [9.17, 15) is 0 Å². The van der Waals surface area contributed by atoms with Crippen molar-refractivity contribution in [3.05, 3.63) is 229 Å². The minimum atomic E-state index is -0.553. The van der Waals surface area contributed by atoms with Crippen LogP contribution in [0.25, 0.3) is 88.0 Å². The zero-order chi connectivity index (χ0) is 38.7. The van der Waals surface area contributed by atoms with Crippen LogP contribution in [0.4, 0.5) is 0 Å². The van der Waals surface area contributed by atoms with Crippen LogP contribution in [0.15, 0.2) is 211 Å². The second-order valence-electron chi connectivity index (χ2n) is 15.9. The van der Waals surface area contributed by atoms with Crippen LogP contribution in [0.3, 0.4) is 0 Å². The van der Waals surface area contributed by atoms with E-state index < -0.39 is 5.41 Å². The molecule has 0 fully saturated rings. The molecular weight excluding hydrogens is 717 g/mol. The monoisotopic (exact) mass is 750 g/mol. The molecule has 2 nitrogen and oxygen atoms in total. The highest BCUT2D eigenvalue weighted by Gasteiger charge is 2.47. The maximum Gasteiger partial charge on any atom is 0.136 e. The predicted octanol–water partition coefficient (Wildman–Crippen LogP) is 15.4. The van der Waals surface area contributed by atoms with Gasteiger partial charge in [0.2, 0.25) is 0 Å². The third-order valence-electron chi connectivity index (χ3n) is 13.0. The first-order chi connectivity index (χ1) is 29.2. The van der Waals surface area contributed by atoms with Crippen molar-refractivity contribution in [3.8, 4) is 56.0 Å². The Hall–Kier alpha value is -7.68. The molecule has 10 aromatic carbocycles. The Morgan fingerprint density at radius 3 is 1.85 bits per heavy atom. The number of hydrogen-bond acceptors (Lipinski definition) is 2. The molecule has 2 heteroatoms. The predicted molar refractivity (Wildman–Crippen MR) is 242 cm³/mol. The Morgan fingerprint density at radius 1 is 0.339 bits per heavy atom. The lowest BCUT2D eigenvalue weighted by molar-refractivity contribution is 0.487. The minimum Gasteiger partial charge on any atom is -0.456 e. The zero-order valence-electron chi connectivity index (χ0n) is 31.9. The molecule has 0 radical (unpaired) electrons. The molecule has 0 unspecified atom stereocenters. The van der Waals surface area contributed by atoms with Gasteiger partial charge in [0.15, 0.2) is 0 Å². The fourth-order valence-electron chi connectivity index (χ4n) is 10.4. The van der Waals surface area contributed by atoms with Crippen molar-refractivity contribution in [1.29, 1.82) is 0 Å². The molecule has 59 heavy (non-hydrogen) atoms. The van der Waals surface area contributed by atoms with Gasteiger partial charge in [0, 0.05) is 21.7 Å². The number of furan rings is 1. The van der Waals surface area contributed by atoms with Crippen LogP contribution < -0.4 is 4.74 Å². The molecule has 11 aromatic rings. The van der Waals surface area contributed by atoms with Crippen LogP contribution in [0.5, 0.6) is 11.5 Å². The first kappa shape index (κ1) is 32.4. The number of hydrogen-bond donors (Lipinski definition) is 0. The smallest absolute Gasteiger partial charge is 0.136 e. The van der Waals surface area contributed by atoms with E-state index in [2.05, 4.69) is 194 Å². The molecule has 0 atom stereocenters. The summed E-state index contributed by atoms with van der Waals surface area (Å²) in [5, 5.41) is 7.10. The molecule has 0 amide bonds. The Labute approximate surface area is 341 Å². The van der Waals surface area contributed by atoms with Crippen molar-refractivity contribution in [1.82, 2.24) is 0 Å². The summed E-state index contributed by atoms with van der Waals surface area (Å²) < 4.78 is 12.9. The van der Waals surface area contributed by atoms with Gasteiger partial charge in [-0.25, -0.2) is 0 Å². The summed E-state index contributed by atoms with van der Waals surface area (Å²) in [5.74, 6) is 1.80. The summed E-state index contributed by atoms with van der Waals surface area (Å²) in [4.78, 5) is 0. The Morgan fingerprint density at radius 2 is 1.00 bits per heavy atom. The molecule has 2 aliphatic rings. The highest BCUT2D eigenvalue weighted by atomic mass is 16.5. The maximum atomic E-state index is 6.52. The lowest BCUT2D eigenvalue weighted by Gasteiger charge is -2.34. The molecule has 0 N–H and O–H groups in total. The zero-order valence-corrected chi connectivity index (χ0v) is 31.9. The van der Waals surface area contributed by atoms with Crippen molar-refractivity contribution in [2.45, 2.75) is 5.41 Å². The topological polar surface area (TPSA) is 22.4 Å². The van der Waals surface area contributed by atoms with E-state index in [4.69, 9.17) is 9.15 Å². The summed E-state index contributed by atoms with van der Waals surface area (Å²) in [6, 6.07) is 75.3. The summed E-state index contributed by atoms with van der Waals surface area (Å²) in [5.41, 5.74) is 15.9. The van der Waals surface area contributed by atoms with Gasteiger partial charge in [0.25, 0.3) is 0 Å². The molecule has 0 bridgehead atoms. The van der Waals surface area contributed by atoms with Crippen LogP contribution in [-0.4, -0.2) is 0 Å². The van der Waals surface area contributed by atoms with Gasteiger partial charge in [-0.05, 0) is 120 Å². The third-order valence-corrected chi connectivity index (χ3v) is 13.0. The first-order valence-corrected chi connectivity index (χ1v) is 20.3. The van der Waals surface area contributed by atoms with Crippen molar-refractivity contribution in [3.63, 3.8) is 0 Å². The van der Waals surface area contributed by atoms with Crippen molar-refractivity contribution >= 4 is 43.5 Å². The summed E-state index contributed by atoms with van der Waals surface area (Å²) in [6.07, 6.45) is 0. The van der Waals surface area contributed by atoms with Crippen molar-refractivity contribution < 1.29 is 9.15 Å². The van der Waals surface area contributed by atoms with E-state index in [1.807, 2.05) is 12.1 Å². The summed E-state index contributed by atoms with van der Waals surface area (Å²) in [6.45, 7) is 0. The van der Waals surface area contributed by atoms with E-state index >= 15 is 0 Å². The molecule has 0 saturated carbocycles. The standard InChI is InChI=1S/C57H34O2/c1-3-14-39(15-4-1)57(40-16-5-2-6-17-40)49-30-29-42-41(38-25-27-44-43-18-7-8-22-51(43)59-54(44)34-38)19-11-21-45(42)56(49)47-28-24-37(33-50(47)57)36-26-31-52-48(32-36)46-20-9-12-35-13-10-23-53(58-52)55(35)46/h1-34H. The summed E-state index contributed by atoms with van der Waals surface area (Å²) >= 11 is 0. The molecule has 1 aliphatic carbocycles. The van der Waals surface area contributed by atoms with Gasteiger partial charge < -0.3 is 9.15 Å². The Balaban J connectivity index is 1.05. The largest absolute Gasteiger partial charge is 0.456 e. The molecular formula is C57H34O2. The molecule has 2 heterocycles. The average Bonchev–Trinajstić information content (AvgIpc) is 3.83. The highest BCUT2D eigenvalue weighted by molar-refractivity contribution is 6.11. The van der Waals surface area contributed by atoms with E-state index in [-0.39, 0.29) is 0 Å². The van der Waals surface area contributed by atoms with Crippen molar-refractivity contribution in [2.75, 3.05) is 0 Å². The molecule has 274 valence electrons. The fraction of sp³-hybridized carbons (Fsp3) is 0.0175. The molecule has 1 aromatic heterocycles. The van der Waals surface area contributed by atoms with Gasteiger partial charge in [-0.3, -0.25) is 0 Å². The number of ether oxygens (including phenoxy) is 1. The average molecular weight is 751 g/mol. The number of benzene rings is 10. The van der Waals surface area contributed by atoms with E-state index in [0.717, 1.165) is 50.1 Å². The maximum absolute atomic E-state index is 6.52. The van der Waals surface area contributed by atoms with Crippen LogP contribution in [-0.2, 0) is 5.41 Å². The third kappa shape index (κ3) is 4.51. The van der Waals surface area contributed by atoms with Crippen LogP contribution in [0.2, 0.25) is 0 Å². The normalized spacial score (nSPS) is 13.4. The number of fused-ring (bicyclic) bond motifs is 10. The van der Waals surface area contributed by atoms with Crippen LogP contribution in [0.1, 0.15) is 22.3 Å². The quantitative estimate of drug-likeness (QED) is 0.179. The van der Waals surface area contributed by atoms with Crippen molar-refractivity contribution in [2.24, 2.45) is 0 Å². The van der Waals surface area contributed by atoms with Gasteiger partial charge in [0.1, 0.15) is 22.7 Å². The Kier molecular flexibility index (Phi) is 6.68. The van der Waals surface area contributed by atoms with Gasteiger partial charge in [-0.1, -0.05) is 164 Å². The number of rotatable bonds is 4. The molecule has 0 spiro atoms. The van der Waals surface area contributed by atoms with Gasteiger partial charge >= 0.3 is 0 Å². The minimum absolute atomic E-state index is 0.553. The van der Waals surface area contributed by atoms with Crippen LogP contribution >= 0.6 is 0 Å². The van der Waals surface area contributed by atoms with Gasteiger partial charge in [-0.15, -0.1) is 0 Å². The SMILES string of the molecule is c1ccc(C2(c3ccccc3)c3cc(-c4ccc5c(c4)-c4cccc6cccc(c46)O5)ccc3-c3c2ccc2c(-c4ccc5c(c4)oc4ccccc45)cccc32)cc1. The first-order valence-electron chi connectivity index (χ1n) is 20.3. The van der Waals surface area contributed by atoms with E-state index in [1.165, 1.54) is 71.6 Å². The second-order valence-corrected chi connectivity index (χ2v) is 15.9. The Bertz CT molecular complexity index is 3480. The second kappa shape index (κ2) is 12.2. The highest BCUT2D eigenvalue weighted by Crippen LogP contribution is 2.59. The molecule has 1 aliphatic heterocycles. The lowest BCUT2D eigenvalue weighted by Crippen LogP contribution is -2.28. The summed E-state index contributed by atoms with van der Waals surface area (Å²) in [7, 11) is 0. The van der Waals surface area contributed by atoms with Crippen LogP contribution in [0, 0.1) is 0 Å². The number of para-hydroxylation sites is 1. The van der Waals surface area contributed by atoms with E-state index in [1.54, 1.807) is 0 Å². The molecule has 0 saturated heterocycles.